The van der Waals surface area contributed by atoms with Crippen LogP contribution in [0.4, 0.5) is 0 Å². The Morgan fingerprint density at radius 3 is 2.73 bits per heavy atom. The molecular weight excluding hydrogens is 370 g/mol. The number of rotatable bonds is 3. The van der Waals surface area contributed by atoms with E-state index >= 15 is 0 Å². The fraction of sp³-hybridized carbons (Fsp3) is 0.333. The largest absolute Gasteiger partial charge is 0.346 e. The monoisotopic (exact) mass is 389 g/mol. The number of nitrogens with one attached hydrogen (secondary N) is 1. The maximum absolute atomic E-state index is 12.7. The van der Waals surface area contributed by atoms with Gasteiger partial charge in [-0.15, -0.1) is 11.3 Å². The molecular formula is C18H19N3O3S2. The zero-order valence-corrected chi connectivity index (χ0v) is 15.9. The van der Waals surface area contributed by atoms with Gasteiger partial charge in [-0.1, -0.05) is 0 Å². The molecule has 26 heavy (non-hydrogen) atoms. The van der Waals surface area contributed by atoms with Gasteiger partial charge in [0.2, 0.25) is 0 Å². The summed E-state index contributed by atoms with van der Waals surface area (Å²) in [6.07, 6.45) is 6.73. The van der Waals surface area contributed by atoms with Crippen molar-refractivity contribution in [2.75, 3.05) is 19.3 Å². The SMILES string of the molecule is CS(=O)(=O)c1ccc(C(=O)N2CCC(c3c[nH]c4ncccc34)CC2)s1. The number of H-pyrrole nitrogens is 1. The van der Waals surface area contributed by atoms with E-state index in [4.69, 9.17) is 0 Å². The summed E-state index contributed by atoms with van der Waals surface area (Å²) in [5, 5.41) is 1.15. The quantitative estimate of drug-likeness (QED) is 0.746. The van der Waals surface area contributed by atoms with E-state index in [1.165, 1.54) is 11.6 Å². The minimum Gasteiger partial charge on any atom is -0.346 e. The van der Waals surface area contributed by atoms with Gasteiger partial charge in [0.05, 0.1) is 4.88 Å². The third-order valence-electron chi connectivity index (χ3n) is 4.86. The normalized spacial score (nSPS) is 16.3. The van der Waals surface area contributed by atoms with Gasteiger partial charge in [-0.05, 0) is 48.6 Å². The van der Waals surface area contributed by atoms with Crippen LogP contribution in [-0.2, 0) is 9.84 Å². The molecule has 0 radical (unpaired) electrons. The van der Waals surface area contributed by atoms with Crippen LogP contribution in [0.2, 0.25) is 0 Å². The van der Waals surface area contributed by atoms with Crippen LogP contribution in [0.1, 0.15) is 34.0 Å². The van der Waals surface area contributed by atoms with Crippen molar-refractivity contribution in [3.05, 3.63) is 47.1 Å². The zero-order chi connectivity index (χ0) is 18.3. The zero-order valence-electron chi connectivity index (χ0n) is 14.3. The average Bonchev–Trinajstić information content (AvgIpc) is 3.28. The first-order chi connectivity index (χ1) is 12.4. The molecule has 0 aromatic carbocycles. The number of nitrogens with zero attached hydrogens (tertiary/aromatic N) is 2. The summed E-state index contributed by atoms with van der Waals surface area (Å²) in [4.78, 5) is 22.5. The summed E-state index contributed by atoms with van der Waals surface area (Å²) >= 11 is 1.05. The lowest BCUT2D eigenvalue weighted by atomic mass is 9.89. The lowest BCUT2D eigenvalue weighted by Gasteiger charge is -2.31. The highest BCUT2D eigenvalue weighted by Crippen LogP contribution is 2.33. The Morgan fingerprint density at radius 2 is 2.04 bits per heavy atom. The molecule has 1 N–H and O–H groups in total. The highest BCUT2D eigenvalue weighted by molar-refractivity contribution is 7.92. The van der Waals surface area contributed by atoms with Gasteiger partial charge in [-0.2, -0.15) is 0 Å². The van der Waals surface area contributed by atoms with Gasteiger partial charge >= 0.3 is 0 Å². The van der Waals surface area contributed by atoms with Crippen molar-refractivity contribution in [1.82, 2.24) is 14.9 Å². The van der Waals surface area contributed by atoms with Crippen LogP contribution in [0, 0.1) is 0 Å². The number of pyridine rings is 1. The van der Waals surface area contributed by atoms with E-state index in [9.17, 15) is 13.2 Å². The van der Waals surface area contributed by atoms with Crippen molar-refractivity contribution >= 4 is 38.1 Å². The van der Waals surface area contributed by atoms with Crippen LogP contribution in [-0.4, -0.2) is 48.5 Å². The number of aromatic amines is 1. The molecule has 1 aliphatic heterocycles. The number of hydrogen-bond acceptors (Lipinski definition) is 5. The van der Waals surface area contributed by atoms with Crippen LogP contribution >= 0.6 is 11.3 Å². The first-order valence-corrected chi connectivity index (χ1v) is 11.2. The molecule has 1 fully saturated rings. The van der Waals surface area contributed by atoms with Crippen molar-refractivity contribution < 1.29 is 13.2 Å². The molecule has 0 bridgehead atoms. The molecule has 136 valence electrons. The lowest BCUT2D eigenvalue weighted by Crippen LogP contribution is -2.37. The number of amides is 1. The Balaban J connectivity index is 1.46. The van der Waals surface area contributed by atoms with E-state index in [1.807, 2.05) is 17.2 Å². The van der Waals surface area contributed by atoms with Crippen molar-refractivity contribution in [2.45, 2.75) is 23.0 Å². The van der Waals surface area contributed by atoms with E-state index < -0.39 is 9.84 Å². The molecule has 0 aliphatic carbocycles. The molecule has 6 nitrogen and oxygen atoms in total. The summed E-state index contributed by atoms with van der Waals surface area (Å²) in [6.45, 7) is 1.34. The number of carbonyl (C=O) groups is 1. The molecule has 3 aromatic heterocycles. The fourth-order valence-corrected chi connectivity index (χ4v) is 5.39. The van der Waals surface area contributed by atoms with Gasteiger partial charge in [0, 0.05) is 37.1 Å². The van der Waals surface area contributed by atoms with Crippen molar-refractivity contribution in [3.8, 4) is 0 Å². The Bertz CT molecular complexity index is 1060. The van der Waals surface area contributed by atoms with E-state index in [2.05, 4.69) is 16.0 Å². The fourth-order valence-electron chi connectivity index (χ4n) is 3.50. The highest BCUT2D eigenvalue weighted by atomic mass is 32.2. The second-order valence-electron chi connectivity index (χ2n) is 6.60. The maximum atomic E-state index is 12.7. The molecule has 3 aromatic rings. The van der Waals surface area contributed by atoms with E-state index in [-0.39, 0.29) is 10.1 Å². The van der Waals surface area contributed by atoms with Gasteiger partial charge in [0.15, 0.2) is 9.84 Å². The standard InChI is InChI=1S/C18H19N3O3S2/c1-26(23,24)16-5-4-15(25-16)18(22)21-9-6-12(7-10-21)14-11-20-17-13(14)3-2-8-19-17/h2-5,8,11-12H,6-7,9-10H2,1H3,(H,19,20). The predicted molar refractivity (Wildman–Crippen MR) is 101 cm³/mol. The molecule has 1 amide bonds. The molecule has 0 unspecified atom stereocenters. The minimum absolute atomic E-state index is 0.0797. The van der Waals surface area contributed by atoms with Crippen LogP contribution in [0.15, 0.2) is 40.9 Å². The second-order valence-corrected chi connectivity index (χ2v) is 9.93. The number of aromatic nitrogens is 2. The Labute approximate surface area is 155 Å². The Morgan fingerprint density at radius 1 is 1.27 bits per heavy atom. The number of piperidine rings is 1. The van der Waals surface area contributed by atoms with Crippen LogP contribution in [0.5, 0.6) is 0 Å². The summed E-state index contributed by atoms with van der Waals surface area (Å²) in [6, 6.07) is 7.14. The third kappa shape index (κ3) is 3.14. The Kier molecular flexibility index (Phi) is 4.32. The van der Waals surface area contributed by atoms with Crippen molar-refractivity contribution in [1.29, 1.82) is 0 Å². The molecule has 8 heteroatoms. The number of thiophene rings is 1. The molecule has 1 aliphatic rings. The number of carbonyl (C=O) groups excluding carboxylic acids is 1. The topological polar surface area (TPSA) is 83.1 Å². The highest BCUT2D eigenvalue weighted by Gasteiger charge is 2.27. The molecule has 0 spiro atoms. The first kappa shape index (κ1) is 17.2. The molecule has 0 saturated carbocycles. The van der Waals surface area contributed by atoms with Gasteiger partial charge in [0.25, 0.3) is 5.91 Å². The first-order valence-electron chi connectivity index (χ1n) is 8.44. The van der Waals surface area contributed by atoms with Crippen LogP contribution < -0.4 is 0 Å². The van der Waals surface area contributed by atoms with Gasteiger partial charge < -0.3 is 9.88 Å². The molecule has 4 heterocycles. The number of hydrogen-bond donors (Lipinski definition) is 1. The second kappa shape index (κ2) is 6.51. The molecule has 4 rings (SSSR count). The predicted octanol–water partition coefficient (Wildman–Crippen LogP) is 3.05. The molecule has 0 atom stereocenters. The number of likely N-dealkylation sites (tertiary alicyclic amines) is 1. The van der Waals surface area contributed by atoms with Gasteiger partial charge in [-0.25, -0.2) is 13.4 Å². The third-order valence-corrected chi connectivity index (χ3v) is 7.76. The number of sulfone groups is 1. The van der Waals surface area contributed by atoms with E-state index in [1.54, 1.807) is 12.3 Å². The van der Waals surface area contributed by atoms with Crippen molar-refractivity contribution in [2.24, 2.45) is 0 Å². The van der Waals surface area contributed by atoms with E-state index in [0.717, 1.165) is 41.5 Å². The lowest BCUT2D eigenvalue weighted by molar-refractivity contribution is 0.0718. The summed E-state index contributed by atoms with van der Waals surface area (Å²) < 4.78 is 23.4. The van der Waals surface area contributed by atoms with Crippen LogP contribution in [0.3, 0.4) is 0 Å². The summed E-state index contributed by atoms with van der Waals surface area (Å²) in [5.74, 6) is 0.316. The van der Waals surface area contributed by atoms with Gasteiger partial charge in [-0.3, -0.25) is 4.79 Å². The average molecular weight is 390 g/mol. The summed E-state index contributed by atoms with van der Waals surface area (Å²) in [7, 11) is -3.27. The molecule has 1 saturated heterocycles. The smallest absolute Gasteiger partial charge is 0.263 e. The van der Waals surface area contributed by atoms with Gasteiger partial charge in [0.1, 0.15) is 9.86 Å². The van der Waals surface area contributed by atoms with Crippen molar-refractivity contribution in [3.63, 3.8) is 0 Å². The summed E-state index contributed by atoms with van der Waals surface area (Å²) in [5.41, 5.74) is 2.16. The Hall–Kier alpha value is -2.19. The maximum Gasteiger partial charge on any atom is 0.263 e. The van der Waals surface area contributed by atoms with Crippen LogP contribution in [0.25, 0.3) is 11.0 Å². The minimum atomic E-state index is -3.27. The number of fused-ring (bicyclic) bond motifs is 1. The van der Waals surface area contributed by atoms with E-state index in [0.29, 0.717) is 23.9 Å².